The van der Waals surface area contributed by atoms with E-state index < -0.39 is 0 Å². The highest BCUT2D eigenvalue weighted by atomic mass is 16.5. The molecule has 178 valence electrons. The molecule has 0 spiro atoms. The van der Waals surface area contributed by atoms with Gasteiger partial charge in [-0.05, 0) is 91.7 Å². The number of nitrogens with zero attached hydrogens (tertiary/aromatic N) is 1. The van der Waals surface area contributed by atoms with Crippen molar-refractivity contribution in [3.05, 3.63) is 82.9 Å². The van der Waals surface area contributed by atoms with E-state index in [-0.39, 0.29) is 23.3 Å². The third-order valence-corrected chi connectivity index (χ3v) is 7.34. The van der Waals surface area contributed by atoms with Gasteiger partial charge in [0.15, 0.2) is 11.5 Å². The fourth-order valence-electron chi connectivity index (χ4n) is 5.69. The average molecular weight is 460 g/mol. The molecule has 2 N–H and O–H groups in total. The number of methoxy groups -OCH3 is 1. The molecule has 1 heterocycles. The summed E-state index contributed by atoms with van der Waals surface area (Å²) in [7, 11) is 1.61. The molecular weight excluding hydrogens is 426 g/mol. The molecule has 1 saturated heterocycles. The monoisotopic (exact) mass is 459 g/mol. The molecule has 3 aromatic rings. The minimum absolute atomic E-state index is 0.0821. The van der Waals surface area contributed by atoms with Crippen LogP contribution in [0.1, 0.15) is 53.4 Å². The molecule has 0 aromatic heterocycles. The van der Waals surface area contributed by atoms with E-state index in [0.717, 1.165) is 41.8 Å². The van der Waals surface area contributed by atoms with E-state index in [1.807, 2.05) is 18.2 Å². The lowest BCUT2D eigenvalue weighted by molar-refractivity contribution is 0.237. The van der Waals surface area contributed by atoms with Crippen molar-refractivity contribution < 1.29 is 19.7 Å². The number of phenolic OH excluding ortho intramolecular Hbond substituents is 2. The highest BCUT2D eigenvalue weighted by Gasteiger charge is 2.34. The summed E-state index contributed by atoms with van der Waals surface area (Å²) in [6, 6.07) is 19.8. The van der Waals surface area contributed by atoms with Crippen LogP contribution in [0.2, 0.25) is 0 Å². The van der Waals surface area contributed by atoms with Crippen LogP contribution in [0.3, 0.4) is 0 Å². The van der Waals surface area contributed by atoms with Crippen LogP contribution in [-0.2, 0) is 6.42 Å². The predicted molar refractivity (Wildman–Crippen MR) is 133 cm³/mol. The lowest BCUT2D eigenvalue weighted by Gasteiger charge is -2.35. The molecule has 1 fully saturated rings. The Bertz CT molecular complexity index is 1120. The molecule has 1 aliphatic carbocycles. The Kier molecular flexibility index (Phi) is 6.63. The highest BCUT2D eigenvalue weighted by Crippen LogP contribution is 2.50. The number of hydrogen-bond acceptors (Lipinski definition) is 5. The Balaban J connectivity index is 1.44. The van der Waals surface area contributed by atoms with Gasteiger partial charge in [0.1, 0.15) is 18.1 Å². The molecule has 2 aliphatic rings. The Morgan fingerprint density at radius 2 is 1.74 bits per heavy atom. The molecule has 0 amide bonds. The van der Waals surface area contributed by atoms with E-state index in [4.69, 9.17) is 9.47 Å². The zero-order valence-electron chi connectivity index (χ0n) is 19.7. The van der Waals surface area contributed by atoms with Gasteiger partial charge in [-0.25, -0.2) is 0 Å². The first-order valence-corrected chi connectivity index (χ1v) is 12.3. The largest absolute Gasteiger partial charge is 0.508 e. The number of ether oxygens (including phenoxy) is 2. The third-order valence-electron chi connectivity index (χ3n) is 7.34. The van der Waals surface area contributed by atoms with E-state index in [9.17, 15) is 10.2 Å². The van der Waals surface area contributed by atoms with Crippen molar-refractivity contribution in [2.75, 3.05) is 33.4 Å². The average Bonchev–Trinajstić information content (AvgIpc) is 3.37. The fourth-order valence-corrected chi connectivity index (χ4v) is 5.69. The molecule has 0 radical (unpaired) electrons. The van der Waals surface area contributed by atoms with Crippen molar-refractivity contribution in [2.24, 2.45) is 0 Å². The Morgan fingerprint density at radius 3 is 2.47 bits per heavy atom. The van der Waals surface area contributed by atoms with Gasteiger partial charge in [0.2, 0.25) is 0 Å². The zero-order chi connectivity index (χ0) is 23.5. The standard InChI is InChI=1S/C29H33NO4/c1-33-29-26-12-11-24(21-5-4-6-22(31)19-21)28(25(26)13-14-27(29)32)20-7-9-23(10-8-20)34-18-17-30-15-2-3-16-30/h4-10,13-14,19,24,28,31-32H,2-3,11-12,15-18H2,1H3/t24-,28+/m1/s1. The quantitative estimate of drug-likeness (QED) is 0.492. The minimum atomic E-state index is 0.0821. The predicted octanol–water partition coefficient (Wildman–Crippen LogP) is 5.44. The summed E-state index contributed by atoms with van der Waals surface area (Å²) in [5, 5.41) is 20.5. The molecule has 34 heavy (non-hydrogen) atoms. The van der Waals surface area contributed by atoms with Crippen LogP contribution in [0, 0.1) is 0 Å². The van der Waals surface area contributed by atoms with E-state index in [1.165, 1.54) is 31.5 Å². The first-order chi connectivity index (χ1) is 16.6. The number of fused-ring (bicyclic) bond motifs is 1. The lowest BCUT2D eigenvalue weighted by atomic mass is 9.69. The van der Waals surface area contributed by atoms with E-state index in [0.29, 0.717) is 12.4 Å². The topological polar surface area (TPSA) is 62.2 Å². The van der Waals surface area contributed by atoms with E-state index >= 15 is 0 Å². The van der Waals surface area contributed by atoms with Crippen LogP contribution in [0.5, 0.6) is 23.0 Å². The summed E-state index contributed by atoms with van der Waals surface area (Å²) in [6.07, 6.45) is 4.29. The maximum atomic E-state index is 10.4. The van der Waals surface area contributed by atoms with Gasteiger partial charge in [-0.15, -0.1) is 0 Å². The molecule has 0 saturated carbocycles. The molecule has 1 aliphatic heterocycles. The van der Waals surface area contributed by atoms with Gasteiger partial charge in [-0.3, -0.25) is 4.90 Å². The van der Waals surface area contributed by atoms with Gasteiger partial charge in [-0.2, -0.15) is 0 Å². The Morgan fingerprint density at radius 1 is 0.941 bits per heavy atom. The van der Waals surface area contributed by atoms with Crippen molar-refractivity contribution in [2.45, 2.75) is 37.5 Å². The van der Waals surface area contributed by atoms with Gasteiger partial charge in [0, 0.05) is 18.0 Å². The molecular formula is C29H33NO4. The summed E-state index contributed by atoms with van der Waals surface area (Å²) in [6.45, 7) is 4.03. The maximum Gasteiger partial charge on any atom is 0.163 e. The number of rotatable bonds is 7. The normalized spacial score (nSPS) is 20.1. The second kappa shape index (κ2) is 9.98. The van der Waals surface area contributed by atoms with E-state index in [2.05, 4.69) is 35.2 Å². The van der Waals surface area contributed by atoms with E-state index in [1.54, 1.807) is 19.2 Å². The van der Waals surface area contributed by atoms with Crippen LogP contribution in [0.25, 0.3) is 0 Å². The van der Waals surface area contributed by atoms with Crippen molar-refractivity contribution in [3.63, 3.8) is 0 Å². The first-order valence-electron chi connectivity index (χ1n) is 12.3. The van der Waals surface area contributed by atoms with Gasteiger partial charge >= 0.3 is 0 Å². The third kappa shape index (κ3) is 4.58. The molecule has 5 nitrogen and oxygen atoms in total. The van der Waals surface area contributed by atoms with Crippen molar-refractivity contribution in [1.82, 2.24) is 4.90 Å². The van der Waals surface area contributed by atoms with Crippen LogP contribution >= 0.6 is 0 Å². The van der Waals surface area contributed by atoms with Crippen LogP contribution in [0.15, 0.2) is 60.7 Å². The lowest BCUT2D eigenvalue weighted by Crippen LogP contribution is -2.25. The van der Waals surface area contributed by atoms with Crippen LogP contribution in [0.4, 0.5) is 0 Å². The van der Waals surface area contributed by atoms with Crippen molar-refractivity contribution >= 4 is 0 Å². The zero-order valence-corrected chi connectivity index (χ0v) is 19.7. The number of phenols is 2. The fraction of sp³-hybridized carbons (Fsp3) is 0.379. The van der Waals surface area contributed by atoms with Gasteiger partial charge < -0.3 is 19.7 Å². The van der Waals surface area contributed by atoms with Crippen molar-refractivity contribution in [1.29, 1.82) is 0 Å². The molecule has 2 atom stereocenters. The molecule has 5 heteroatoms. The summed E-state index contributed by atoms with van der Waals surface area (Å²) in [4.78, 5) is 2.45. The number of likely N-dealkylation sites (tertiary alicyclic amines) is 1. The Labute approximate surface area is 201 Å². The molecule has 0 unspecified atom stereocenters. The van der Waals surface area contributed by atoms with Gasteiger partial charge in [0.05, 0.1) is 7.11 Å². The Hall–Kier alpha value is -3.18. The molecule has 3 aromatic carbocycles. The molecule has 5 rings (SSSR count). The second-order valence-corrected chi connectivity index (χ2v) is 9.37. The first kappa shape index (κ1) is 22.6. The number of aromatic hydroxyl groups is 2. The maximum absolute atomic E-state index is 10.4. The second-order valence-electron chi connectivity index (χ2n) is 9.37. The number of hydrogen-bond donors (Lipinski definition) is 2. The van der Waals surface area contributed by atoms with Crippen LogP contribution in [-0.4, -0.2) is 48.5 Å². The smallest absolute Gasteiger partial charge is 0.163 e. The summed E-state index contributed by atoms with van der Waals surface area (Å²) >= 11 is 0. The molecule has 0 bridgehead atoms. The van der Waals surface area contributed by atoms with Crippen molar-refractivity contribution in [3.8, 4) is 23.0 Å². The van der Waals surface area contributed by atoms with Crippen LogP contribution < -0.4 is 9.47 Å². The minimum Gasteiger partial charge on any atom is -0.508 e. The van der Waals surface area contributed by atoms with Gasteiger partial charge in [-0.1, -0.05) is 30.3 Å². The SMILES string of the molecule is COc1c(O)ccc2c1CC[C@H](c1cccc(O)c1)[C@@H]2c1ccc(OCCN2CCCC2)cc1. The number of benzene rings is 3. The summed E-state index contributed by atoms with van der Waals surface area (Å²) in [5.74, 6) is 2.20. The summed E-state index contributed by atoms with van der Waals surface area (Å²) < 4.78 is 11.6. The summed E-state index contributed by atoms with van der Waals surface area (Å²) in [5.41, 5.74) is 4.54. The van der Waals surface area contributed by atoms with Gasteiger partial charge in [0.25, 0.3) is 0 Å². The highest BCUT2D eigenvalue weighted by molar-refractivity contribution is 5.56.